The number of amides is 2. The number of anilines is 2. The molecule has 0 unspecified atom stereocenters. The lowest BCUT2D eigenvalue weighted by Crippen LogP contribution is -2.20. The Labute approximate surface area is 163 Å². The van der Waals surface area contributed by atoms with Crippen LogP contribution in [0.5, 0.6) is 17.2 Å². The topological polar surface area (TPSA) is 76.7 Å². The summed E-state index contributed by atoms with van der Waals surface area (Å²) in [6.45, 7) is 1.30. The fourth-order valence-electron chi connectivity index (χ4n) is 2.45. The molecular formula is C22H20N2O4. The first kappa shape index (κ1) is 19.0. The predicted molar refractivity (Wildman–Crippen MR) is 108 cm³/mol. The fraction of sp³-hybridized carbons (Fsp3) is 0.0909. The van der Waals surface area contributed by atoms with E-state index in [0.717, 1.165) is 5.75 Å². The van der Waals surface area contributed by atoms with Crippen LogP contribution in [0.1, 0.15) is 6.92 Å². The van der Waals surface area contributed by atoms with E-state index in [1.807, 2.05) is 36.4 Å². The van der Waals surface area contributed by atoms with Crippen molar-refractivity contribution in [3.05, 3.63) is 78.9 Å². The number of nitrogens with one attached hydrogen (secondary N) is 2. The van der Waals surface area contributed by atoms with E-state index in [1.165, 1.54) is 6.92 Å². The third kappa shape index (κ3) is 5.88. The molecule has 28 heavy (non-hydrogen) atoms. The fourth-order valence-corrected chi connectivity index (χ4v) is 2.45. The maximum atomic E-state index is 12.1. The van der Waals surface area contributed by atoms with Gasteiger partial charge in [-0.3, -0.25) is 9.59 Å². The van der Waals surface area contributed by atoms with Gasteiger partial charge in [-0.15, -0.1) is 0 Å². The van der Waals surface area contributed by atoms with Crippen LogP contribution in [0.15, 0.2) is 78.9 Å². The quantitative estimate of drug-likeness (QED) is 0.638. The highest BCUT2D eigenvalue weighted by molar-refractivity contribution is 5.92. The maximum absolute atomic E-state index is 12.1. The number of hydrogen-bond acceptors (Lipinski definition) is 4. The number of ether oxygens (including phenoxy) is 2. The van der Waals surface area contributed by atoms with Gasteiger partial charge in [0.25, 0.3) is 5.91 Å². The zero-order valence-corrected chi connectivity index (χ0v) is 15.3. The molecule has 0 aromatic heterocycles. The standard InChI is InChI=1S/C22H20N2O4/c1-16(25)23-17-10-12-19(13-11-17)27-15-22(26)24-18-6-5-9-21(14-18)28-20-7-3-2-4-8-20/h2-14H,15H2,1H3,(H,23,25)(H,24,26). The molecule has 0 aliphatic carbocycles. The van der Waals surface area contributed by atoms with Gasteiger partial charge in [-0.05, 0) is 48.5 Å². The van der Waals surface area contributed by atoms with E-state index in [9.17, 15) is 9.59 Å². The third-order valence-electron chi connectivity index (χ3n) is 3.64. The van der Waals surface area contributed by atoms with Crippen LogP contribution >= 0.6 is 0 Å². The van der Waals surface area contributed by atoms with Crippen molar-refractivity contribution in [2.24, 2.45) is 0 Å². The lowest BCUT2D eigenvalue weighted by atomic mass is 10.3. The Hall–Kier alpha value is -3.80. The summed E-state index contributed by atoms with van der Waals surface area (Å²) in [5.74, 6) is 1.44. The molecule has 0 fully saturated rings. The second kappa shape index (κ2) is 9.23. The van der Waals surface area contributed by atoms with Crippen molar-refractivity contribution in [2.75, 3.05) is 17.2 Å². The predicted octanol–water partition coefficient (Wildman–Crippen LogP) is 4.45. The normalized spacial score (nSPS) is 10.0. The molecule has 0 aliphatic heterocycles. The van der Waals surface area contributed by atoms with Crippen molar-refractivity contribution < 1.29 is 19.1 Å². The van der Waals surface area contributed by atoms with Gasteiger partial charge in [0.05, 0.1) is 0 Å². The summed E-state index contributed by atoms with van der Waals surface area (Å²) in [6, 6.07) is 23.3. The van der Waals surface area contributed by atoms with Gasteiger partial charge in [-0.1, -0.05) is 24.3 Å². The van der Waals surface area contributed by atoms with Crippen LogP contribution in [0.25, 0.3) is 0 Å². The van der Waals surface area contributed by atoms with Crippen molar-refractivity contribution in [2.45, 2.75) is 6.92 Å². The Kier molecular flexibility index (Phi) is 6.25. The minimum absolute atomic E-state index is 0.136. The number of hydrogen-bond donors (Lipinski definition) is 2. The number of carbonyl (C=O) groups excluding carboxylic acids is 2. The van der Waals surface area contributed by atoms with Crippen LogP contribution in [-0.4, -0.2) is 18.4 Å². The summed E-state index contributed by atoms with van der Waals surface area (Å²) in [4.78, 5) is 23.1. The first-order valence-corrected chi connectivity index (χ1v) is 8.72. The van der Waals surface area contributed by atoms with Gasteiger partial charge in [0.2, 0.25) is 5.91 Å². The van der Waals surface area contributed by atoms with Gasteiger partial charge in [0.15, 0.2) is 6.61 Å². The highest BCUT2D eigenvalue weighted by atomic mass is 16.5. The molecule has 6 heteroatoms. The molecule has 0 bridgehead atoms. The molecule has 3 aromatic rings. The molecule has 0 radical (unpaired) electrons. The van der Waals surface area contributed by atoms with E-state index in [2.05, 4.69) is 10.6 Å². The van der Waals surface area contributed by atoms with Crippen LogP contribution in [0.3, 0.4) is 0 Å². The van der Waals surface area contributed by atoms with Crippen molar-refractivity contribution in [3.63, 3.8) is 0 Å². The molecule has 2 N–H and O–H groups in total. The van der Waals surface area contributed by atoms with E-state index < -0.39 is 0 Å². The Morgan fingerprint density at radius 2 is 1.46 bits per heavy atom. The maximum Gasteiger partial charge on any atom is 0.262 e. The molecule has 0 heterocycles. The van der Waals surface area contributed by atoms with E-state index in [1.54, 1.807) is 42.5 Å². The van der Waals surface area contributed by atoms with Crippen LogP contribution in [0.2, 0.25) is 0 Å². The van der Waals surface area contributed by atoms with Crippen LogP contribution in [0, 0.1) is 0 Å². The molecular weight excluding hydrogens is 356 g/mol. The van der Waals surface area contributed by atoms with Crippen LogP contribution < -0.4 is 20.1 Å². The highest BCUT2D eigenvalue weighted by Crippen LogP contribution is 2.24. The largest absolute Gasteiger partial charge is 0.484 e. The SMILES string of the molecule is CC(=O)Nc1ccc(OCC(=O)Nc2cccc(Oc3ccccc3)c2)cc1. The van der Waals surface area contributed by atoms with Crippen molar-refractivity contribution >= 4 is 23.2 Å². The van der Waals surface area contributed by atoms with E-state index in [-0.39, 0.29) is 18.4 Å². The highest BCUT2D eigenvalue weighted by Gasteiger charge is 2.06. The lowest BCUT2D eigenvalue weighted by molar-refractivity contribution is -0.118. The first-order chi connectivity index (χ1) is 13.6. The van der Waals surface area contributed by atoms with E-state index >= 15 is 0 Å². The molecule has 142 valence electrons. The van der Waals surface area contributed by atoms with Gasteiger partial charge in [-0.25, -0.2) is 0 Å². The second-order valence-electron chi connectivity index (χ2n) is 5.99. The summed E-state index contributed by atoms with van der Waals surface area (Å²) in [7, 11) is 0. The zero-order valence-electron chi connectivity index (χ0n) is 15.3. The number of rotatable bonds is 7. The molecule has 0 aliphatic rings. The summed E-state index contributed by atoms with van der Waals surface area (Å²) in [5, 5.41) is 5.44. The van der Waals surface area contributed by atoms with Gasteiger partial charge in [0, 0.05) is 24.4 Å². The number of benzene rings is 3. The summed E-state index contributed by atoms with van der Waals surface area (Å²) in [5.41, 5.74) is 1.28. The Morgan fingerprint density at radius 1 is 0.750 bits per heavy atom. The van der Waals surface area contributed by atoms with E-state index in [0.29, 0.717) is 22.9 Å². The monoisotopic (exact) mass is 376 g/mol. The molecule has 0 saturated heterocycles. The van der Waals surface area contributed by atoms with Crippen LogP contribution in [0.4, 0.5) is 11.4 Å². The lowest BCUT2D eigenvalue weighted by Gasteiger charge is -2.10. The van der Waals surface area contributed by atoms with Crippen LogP contribution in [-0.2, 0) is 9.59 Å². The minimum atomic E-state index is -0.289. The van der Waals surface area contributed by atoms with Gasteiger partial charge in [0.1, 0.15) is 17.2 Å². The molecule has 0 spiro atoms. The van der Waals surface area contributed by atoms with Gasteiger partial charge in [-0.2, -0.15) is 0 Å². The Morgan fingerprint density at radius 3 is 2.18 bits per heavy atom. The summed E-state index contributed by atoms with van der Waals surface area (Å²) < 4.78 is 11.2. The molecule has 0 saturated carbocycles. The third-order valence-corrected chi connectivity index (χ3v) is 3.64. The second-order valence-corrected chi connectivity index (χ2v) is 5.99. The van der Waals surface area contributed by atoms with Crippen molar-refractivity contribution in [3.8, 4) is 17.2 Å². The smallest absolute Gasteiger partial charge is 0.262 e. The first-order valence-electron chi connectivity index (χ1n) is 8.72. The number of para-hydroxylation sites is 1. The Balaban J connectivity index is 1.52. The average Bonchev–Trinajstić information content (AvgIpc) is 2.68. The summed E-state index contributed by atoms with van der Waals surface area (Å²) in [6.07, 6.45) is 0. The van der Waals surface area contributed by atoms with Gasteiger partial charge < -0.3 is 20.1 Å². The minimum Gasteiger partial charge on any atom is -0.484 e. The van der Waals surface area contributed by atoms with E-state index in [4.69, 9.17) is 9.47 Å². The Bertz CT molecular complexity index is 940. The van der Waals surface area contributed by atoms with Crippen molar-refractivity contribution in [1.29, 1.82) is 0 Å². The molecule has 6 nitrogen and oxygen atoms in total. The summed E-state index contributed by atoms with van der Waals surface area (Å²) >= 11 is 0. The molecule has 3 aromatic carbocycles. The zero-order chi connectivity index (χ0) is 19.8. The van der Waals surface area contributed by atoms with Crippen molar-refractivity contribution in [1.82, 2.24) is 0 Å². The van der Waals surface area contributed by atoms with Gasteiger partial charge >= 0.3 is 0 Å². The molecule has 0 atom stereocenters. The molecule has 3 rings (SSSR count). The number of carbonyl (C=O) groups is 2. The average molecular weight is 376 g/mol. The molecule has 2 amide bonds.